The number of alkyl halides is 1. The highest BCUT2D eigenvalue weighted by Crippen LogP contribution is 2.45. The molecule has 0 amide bonds. The molecule has 0 aliphatic heterocycles. The molecule has 11 heavy (non-hydrogen) atoms. The van der Waals surface area contributed by atoms with Crippen molar-refractivity contribution in [1.29, 1.82) is 0 Å². The van der Waals surface area contributed by atoms with Crippen LogP contribution in [0.25, 0.3) is 0 Å². The molecule has 2 bridgehead atoms. The maximum Gasteiger partial charge on any atom is 0.0610 e. The Morgan fingerprint density at radius 2 is 1.91 bits per heavy atom. The Kier molecular flexibility index (Phi) is 2.24. The molecule has 0 spiro atoms. The quantitative estimate of drug-likeness (QED) is 0.616. The molecule has 2 fully saturated rings. The summed E-state index contributed by atoms with van der Waals surface area (Å²) in [5.41, 5.74) is 0. The third-order valence-electron chi connectivity index (χ3n) is 3.31. The average Bonchev–Trinajstić information content (AvgIpc) is 2.43. The first-order valence-corrected chi connectivity index (χ1v) is 5.39. The van der Waals surface area contributed by atoms with E-state index >= 15 is 0 Å². The number of halogens is 1. The van der Waals surface area contributed by atoms with Gasteiger partial charge in [0.15, 0.2) is 0 Å². The highest BCUT2D eigenvalue weighted by Gasteiger charge is 2.40. The Morgan fingerprint density at radius 1 is 1.18 bits per heavy atom. The van der Waals surface area contributed by atoms with Gasteiger partial charge in [-0.1, -0.05) is 15.9 Å². The maximum absolute atomic E-state index is 5.46. The first-order chi connectivity index (χ1) is 5.31. The van der Waals surface area contributed by atoms with Crippen LogP contribution in [0.3, 0.4) is 0 Å². The van der Waals surface area contributed by atoms with Crippen LogP contribution in [0.2, 0.25) is 0 Å². The zero-order chi connectivity index (χ0) is 7.84. The van der Waals surface area contributed by atoms with E-state index in [2.05, 4.69) is 15.9 Å². The van der Waals surface area contributed by atoms with Crippen LogP contribution >= 0.6 is 15.9 Å². The minimum Gasteiger partial charge on any atom is -0.381 e. The van der Waals surface area contributed by atoms with Gasteiger partial charge in [0.05, 0.1) is 6.10 Å². The molecule has 0 heterocycles. The highest BCUT2D eigenvalue weighted by atomic mass is 79.9. The van der Waals surface area contributed by atoms with E-state index in [0.29, 0.717) is 6.10 Å². The lowest BCUT2D eigenvalue weighted by Gasteiger charge is -2.31. The molecular weight excluding hydrogens is 204 g/mol. The molecule has 0 saturated heterocycles. The summed E-state index contributed by atoms with van der Waals surface area (Å²) in [6.07, 6.45) is 5.98. The second kappa shape index (κ2) is 3.06. The fourth-order valence-corrected chi connectivity index (χ4v) is 3.46. The molecule has 2 aliphatic carbocycles. The van der Waals surface area contributed by atoms with Crippen molar-refractivity contribution in [2.75, 3.05) is 7.11 Å². The molecular formula is C9H15BrO. The third kappa shape index (κ3) is 1.35. The summed E-state index contributed by atoms with van der Waals surface area (Å²) in [6.45, 7) is 0. The summed E-state index contributed by atoms with van der Waals surface area (Å²) < 4.78 is 5.46. The lowest BCUT2D eigenvalue weighted by molar-refractivity contribution is 0.0323. The van der Waals surface area contributed by atoms with Crippen LogP contribution in [-0.4, -0.2) is 18.0 Å². The number of hydrogen-bond donors (Lipinski definition) is 0. The van der Waals surface area contributed by atoms with Gasteiger partial charge >= 0.3 is 0 Å². The van der Waals surface area contributed by atoms with Gasteiger partial charge in [-0.15, -0.1) is 0 Å². The maximum atomic E-state index is 5.46. The normalized spacial score (nSPS) is 49.6. The molecule has 2 saturated carbocycles. The Bertz CT molecular complexity index is 148. The standard InChI is InChI=1S/C9H15BrO/c1-11-9-5-8(10)6-2-3-7(9)4-6/h6-9H,2-5H2,1H3/t6-,7+,8-,9+/m0/s1. The Hall–Kier alpha value is 0.440. The summed E-state index contributed by atoms with van der Waals surface area (Å²) in [7, 11) is 1.85. The highest BCUT2D eigenvalue weighted by molar-refractivity contribution is 9.09. The largest absolute Gasteiger partial charge is 0.381 e. The van der Waals surface area contributed by atoms with Crippen LogP contribution in [0.15, 0.2) is 0 Å². The smallest absolute Gasteiger partial charge is 0.0610 e. The Labute approximate surface area is 76.6 Å². The van der Waals surface area contributed by atoms with Gasteiger partial charge in [-0.05, 0) is 37.5 Å². The van der Waals surface area contributed by atoms with Crippen molar-refractivity contribution in [1.82, 2.24) is 0 Å². The SMILES string of the molecule is CO[C@@H]1C[C@H](Br)[C@H]2CC[C@@H]1C2. The zero-order valence-corrected chi connectivity index (χ0v) is 8.51. The summed E-state index contributed by atoms with van der Waals surface area (Å²) in [5.74, 6) is 1.82. The van der Waals surface area contributed by atoms with E-state index in [-0.39, 0.29) is 0 Å². The minimum atomic E-state index is 0.540. The minimum absolute atomic E-state index is 0.540. The first-order valence-electron chi connectivity index (χ1n) is 4.48. The second-order valence-corrected chi connectivity index (χ2v) is 5.04. The van der Waals surface area contributed by atoms with Crippen LogP contribution in [0.4, 0.5) is 0 Å². The lowest BCUT2D eigenvalue weighted by atomic mass is 9.87. The molecule has 0 radical (unpaired) electrons. The van der Waals surface area contributed by atoms with Gasteiger partial charge in [0, 0.05) is 11.9 Å². The van der Waals surface area contributed by atoms with E-state index in [1.54, 1.807) is 0 Å². The van der Waals surface area contributed by atoms with E-state index in [1.807, 2.05) is 7.11 Å². The zero-order valence-electron chi connectivity index (χ0n) is 6.92. The van der Waals surface area contributed by atoms with Gasteiger partial charge in [-0.2, -0.15) is 0 Å². The third-order valence-corrected chi connectivity index (χ3v) is 4.43. The second-order valence-electron chi connectivity index (χ2n) is 3.86. The number of rotatable bonds is 1. The molecule has 2 heteroatoms. The van der Waals surface area contributed by atoms with Crippen molar-refractivity contribution < 1.29 is 4.74 Å². The number of hydrogen-bond acceptors (Lipinski definition) is 1. The van der Waals surface area contributed by atoms with Gasteiger partial charge in [-0.25, -0.2) is 0 Å². The van der Waals surface area contributed by atoms with Crippen molar-refractivity contribution >= 4 is 15.9 Å². The molecule has 0 aromatic rings. The van der Waals surface area contributed by atoms with Crippen molar-refractivity contribution in [2.45, 2.75) is 36.6 Å². The number of fused-ring (bicyclic) bond motifs is 2. The Morgan fingerprint density at radius 3 is 2.64 bits per heavy atom. The predicted octanol–water partition coefficient (Wildman–Crippen LogP) is 2.58. The van der Waals surface area contributed by atoms with E-state index in [1.165, 1.54) is 25.7 Å². The van der Waals surface area contributed by atoms with E-state index in [0.717, 1.165) is 16.7 Å². The molecule has 2 rings (SSSR count). The molecule has 2 aliphatic rings. The molecule has 0 aromatic heterocycles. The van der Waals surface area contributed by atoms with Gasteiger partial charge in [-0.3, -0.25) is 0 Å². The van der Waals surface area contributed by atoms with Crippen molar-refractivity contribution in [3.05, 3.63) is 0 Å². The van der Waals surface area contributed by atoms with Crippen LogP contribution < -0.4 is 0 Å². The van der Waals surface area contributed by atoms with Gasteiger partial charge in [0.2, 0.25) is 0 Å². The molecule has 0 N–H and O–H groups in total. The van der Waals surface area contributed by atoms with Gasteiger partial charge in [0.1, 0.15) is 0 Å². The molecule has 0 aromatic carbocycles. The van der Waals surface area contributed by atoms with Gasteiger partial charge < -0.3 is 4.74 Å². The van der Waals surface area contributed by atoms with Crippen molar-refractivity contribution in [3.63, 3.8) is 0 Å². The first kappa shape index (κ1) is 8.06. The summed E-state index contributed by atoms with van der Waals surface area (Å²) in [4.78, 5) is 0.728. The van der Waals surface area contributed by atoms with E-state index in [9.17, 15) is 0 Å². The predicted molar refractivity (Wildman–Crippen MR) is 49.0 cm³/mol. The number of ether oxygens (including phenoxy) is 1. The van der Waals surface area contributed by atoms with Crippen LogP contribution in [0.5, 0.6) is 0 Å². The Balaban J connectivity index is 2.05. The lowest BCUT2D eigenvalue weighted by Crippen LogP contribution is -2.31. The fourth-order valence-electron chi connectivity index (χ4n) is 2.61. The summed E-state index contributed by atoms with van der Waals surface area (Å²) in [5, 5.41) is 0. The molecule has 1 nitrogen and oxygen atoms in total. The molecule has 4 atom stereocenters. The monoisotopic (exact) mass is 218 g/mol. The molecule has 64 valence electrons. The van der Waals surface area contributed by atoms with Crippen LogP contribution in [-0.2, 0) is 4.74 Å². The summed E-state index contributed by atoms with van der Waals surface area (Å²) in [6, 6.07) is 0. The van der Waals surface area contributed by atoms with Crippen molar-refractivity contribution in [3.8, 4) is 0 Å². The van der Waals surface area contributed by atoms with Crippen molar-refractivity contribution in [2.24, 2.45) is 11.8 Å². The average molecular weight is 219 g/mol. The fraction of sp³-hybridized carbons (Fsp3) is 1.00. The number of methoxy groups -OCH3 is 1. The van der Waals surface area contributed by atoms with E-state index in [4.69, 9.17) is 4.74 Å². The van der Waals surface area contributed by atoms with E-state index < -0.39 is 0 Å². The van der Waals surface area contributed by atoms with Gasteiger partial charge in [0.25, 0.3) is 0 Å². The van der Waals surface area contributed by atoms with Crippen LogP contribution in [0, 0.1) is 11.8 Å². The summed E-state index contributed by atoms with van der Waals surface area (Å²) >= 11 is 3.74. The topological polar surface area (TPSA) is 9.23 Å². The van der Waals surface area contributed by atoms with Crippen LogP contribution in [0.1, 0.15) is 25.7 Å². The molecule has 0 unspecified atom stereocenters.